The summed E-state index contributed by atoms with van der Waals surface area (Å²) in [6.07, 6.45) is 5.46. The molecule has 2 aromatic heterocycles. The summed E-state index contributed by atoms with van der Waals surface area (Å²) in [6, 6.07) is 4.05. The van der Waals surface area contributed by atoms with E-state index >= 15 is 0 Å². The zero-order valence-corrected chi connectivity index (χ0v) is 13.4. The Labute approximate surface area is 127 Å². The Hall–Kier alpha value is -1.42. The molecule has 1 saturated heterocycles. The van der Waals surface area contributed by atoms with Gasteiger partial charge in [-0.3, -0.25) is 0 Å². The maximum atomic E-state index is 4.87. The summed E-state index contributed by atoms with van der Waals surface area (Å²) >= 11 is 0. The van der Waals surface area contributed by atoms with Crippen molar-refractivity contribution < 1.29 is 0 Å². The first-order valence-corrected chi connectivity index (χ1v) is 8.04. The topological polar surface area (TPSA) is 42.7 Å². The molecule has 0 unspecified atom stereocenters. The fourth-order valence-corrected chi connectivity index (χ4v) is 3.15. The molecule has 0 saturated carbocycles. The molecule has 4 heteroatoms. The van der Waals surface area contributed by atoms with Gasteiger partial charge in [0.2, 0.25) is 0 Å². The molecule has 21 heavy (non-hydrogen) atoms. The van der Waals surface area contributed by atoms with Gasteiger partial charge in [0.25, 0.3) is 0 Å². The van der Waals surface area contributed by atoms with Gasteiger partial charge in [-0.2, -0.15) is 0 Å². The van der Waals surface area contributed by atoms with E-state index in [-0.39, 0.29) is 5.41 Å². The van der Waals surface area contributed by atoms with Gasteiger partial charge in [-0.05, 0) is 49.4 Å². The van der Waals surface area contributed by atoms with E-state index in [2.05, 4.69) is 41.7 Å². The van der Waals surface area contributed by atoms with Crippen LogP contribution in [0.2, 0.25) is 0 Å². The summed E-state index contributed by atoms with van der Waals surface area (Å²) in [5.74, 6) is 1.97. The second kappa shape index (κ2) is 5.76. The molecular formula is C17H26N4. The van der Waals surface area contributed by atoms with Gasteiger partial charge in [0.15, 0.2) is 5.65 Å². The highest BCUT2D eigenvalue weighted by Crippen LogP contribution is 2.25. The van der Waals surface area contributed by atoms with Crippen molar-refractivity contribution >= 4 is 11.2 Å². The minimum absolute atomic E-state index is 0.230. The fourth-order valence-electron chi connectivity index (χ4n) is 3.15. The zero-order valence-electron chi connectivity index (χ0n) is 13.4. The highest BCUT2D eigenvalue weighted by molar-refractivity contribution is 5.71. The zero-order chi connectivity index (χ0) is 14.9. The van der Waals surface area contributed by atoms with E-state index in [9.17, 15) is 0 Å². The van der Waals surface area contributed by atoms with Crippen LogP contribution in [-0.4, -0.2) is 27.6 Å². The number of fused-ring (bicyclic) bond motifs is 1. The summed E-state index contributed by atoms with van der Waals surface area (Å²) in [4.78, 5) is 9.44. The normalized spacial score (nSPS) is 17.5. The van der Waals surface area contributed by atoms with E-state index in [4.69, 9.17) is 4.98 Å². The highest BCUT2D eigenvalue weighted by Gasteiger charge is 2.21. The molecule has 1 aliphatic rings. The first-order valence-electron chi connectivity index (χ1n) is 8.04. The number of imidazole rings is 1. The molecule has 0 spiro atoms. The van der Waals surface area contributed by atoms with E-state index < -0.39 is 0 Å². The Morgan fingerprint density at radius 2 is 2.05 bits per heavy atom. The molecule has 114 valence electrons. The van der Waals surface area contributed by atoms with Gasteiger partial charge >= 0.3 is 0 Å². The molecule has 2 aromatic rings. The van der Waals surface area contributed by atoms with Crippen LogP contribution in [0.4, 0.5) is 0 Å². The van der Waals surface area contributed by atoms with Crippen molar-refractivity contribution in [3.05, 3.63) is 24.2 Å². The standard InChI is InChI=1S/C17H26N4/c1-17(2,3)12-21-15(11-13-6-9-18-10-7-13)20-14-5-4-8-19-16(14)21/h4-5,8,13,18H,6-7,9-12H2,1-3H3. The number of nitrogens with zero attached hydrogens (tertiary/aromatic N) is 3. The predicted molar refractivity (Wildman–Crippen MR) is 86.3 cm³/mol. The minimum atomic E-state index is 0.230. The lowest BCUT2D eigenvalue weighted by Gasteiger charge is -2.24. The number of piperidine rings is 1. The van der Waals surface area contributed by atoms with E-state index in [1.54, 1.807) is 0 Å². The Morgan fingerprint density at radius 1 is 1.29 bits per heavy atom. The van der Waals surface area contributed by atoms with E-state index in [1.807, 2.05) is 12.3 Å². The van der Waals surface area contributed by atoms with E-state index in [0.29, 0.717) is 0 Å². The maximum Gasteiger partial charge on any atom is 0.160 e. The average molecular weight is 286 g/mol. The van der Waals surface area contributed by atoms with Crippen molar-refractivity contribution in [1.29, 1.82) is 0 Å². The number of rotatable bonds is 3. The van der Waals surface area contributed by atoms with Crippen molar-refractivity contribution in [3.8, 4) is 0 Å². The molecule has 0 atom stereocenters. The van der Waals surface area contributed by atoms with Crippen LogP contribution < -0.4 is 5.32 Å². The van der Waals surface area contributed by atoms with Crippen LogP contribution in [0, 0.1) is 11.3 Å². The SMILES string of the molecule is CC(C)(C)Cn1c(CC2CCNCC2)nc2cccnc21. The molecular weight excluding hydrogens is 260 g/mol. The quantitative estimate of drug-likeness (QED) is 0.943. The van der Waals surface area contributed by atoms with Crippen LogP contribution in [-0.2, 0) is 13.0 Å². The summed E-state index contributed by atoms with van der Waals surface area (Å²) in [5, 5.41) is 3.44. The van der Waals surface area contributed by atoms with Crippen LogP contribution >= 0.6 is 0 Å². The van der Waals surface area contributed by atoms with Crippen LogP contribution in [0.15, 0.2) is 18.3 Å². The predicted octanol–water partition coefficient (Wildman–Crippen LogP) is 3.02. The van der Waals surface area contributed by atoms with Crippen molar-refractivity contribution in [3.63, 3.8) is 0 Å². The lowest BCUT2D eigenvalue weighted by molar-refractivity contribution is 0.326. The molecule has 3 heterocycles. The largest absolute Gasteiger partial charge is 0.317 e. The van der Waals surface area contributed by atoms with Gasteiger partial charge in [0, 0.05) is 19.2 Å². The van der Waals surface area contributed by atoms with Gasteiger partial charge in [-0.15, -0.1) is 0 Å². The lowest BCUT2D eigenvalue weighted by atomic mass is 9.93. The third-order valence-electron chi connectivity index (χ3n) is 4.15. The molecule has 0 bridgehead atoms. The number of hydrogen-bond acceptors (Lipinski definition) is 3. The van der Waals surface area contributed by atoms with Crippen LogP contribution in [0.1, 0.15) is 39.4 Å². The molecule has 1 fully saturated rings. The van der Waals surface area contributed by atoms with Gasteiger partial charge in [-0.25, -0.2) is 9.97 Å². The molecule has 1 N–H and O–H groups in total. The van der Waals surface area contributed by atoms with Crippen molar-refractivity contribution in [2.45, 2.75) is 46.6 Å². The average Bonchev–Trinajstić information content (AvgIpc) is 2.76. The lowest BCUT2D eigenvalue weighted by Crippen LogP contribution is -2.29. The van der Waals surface area contributed by atoms with Crippen molar-refractivity contribution in [2.75, 3.05) is 13.1 Å². The smallest absolute Gasteiger partial charge is 0.160 e. The Kier molecular flexibility index (Phi) is 3.98. The van der Waals surface area contributed by atoms with Gasteiger partial charge in [0.05, 0.1) is 0 Å². The maximum absolute atomic E-state index is 4.87. The van der Waals surface area contributed by atoms with Crippen molar-refractivity contribution in [2.24, 2.45) is 11.3 Å². The molecule has 0 aliphatic carbocycles. The molecule has 3 rings (SSSR count). The Morgan fingerprint density at radius 3 is 2.76 bits per heavy atom. The first kappa shape index (κ1) is 14.5. The summed E-state index contributed by atoms with van der Waals surface area (Å²) < 4.78 is 2.34. The molecule has 0 radical (unpaired) electrons. The van der Waals surface area contributed by atoms with Crippen LogP contribution in [0.5, 0.6) is 0 Å². The number of pyridine rings is 1. The Balaban J connectivity index is 1.93. The van der Waals surface area contributed by atoms with Crippen molar-refractivity contribution in [1.82, 2.24) is 19.9 Å². The fraction of sp³-hybridized carbons (Fsp3) is 0.647. The van der Waals surface area contributed by atoms with Crippen LogP contribution in [0.3, 0.4) is 0 Å². The number of nitrogens with one attached hydrogen (secondary N) is 1. The highest BCUT2D eigenvalue weighted by atomic mass is 15.1. The summed E-state index contributed by atoms with van der Waals surface area (Å²) in [7, 11) is 0. The summed E-state index contributed by atoms with van der Waals surface area (Å²) in [5.41, 5.74) is 2.30. The van der Waals surface area contributed by atoms with Gasteiger partial charge < -0.3 is 9.88 Å². The minimum Gasteiger partial charge on any atom is -0.317 e. The first-order chi connectivity index (χ1) is 10.0. The van der Waals surface area contributed by atoms with Crippen LogP contribution in [0.25, 0.3) is 11.2 Å². The van der Waals surface area contributed by atoms with E-state index in [0.717, 1.165) is 43.1 Å². The third-order valence-corrected chi connectivity index (χ3v) is 4.15. The second-order valence-electron chi connectivity index (χ2n) is 7.42. The Bertz CT molecular complexity index is 603. The molecule has 4 nitrogen and oxygen atoms in total. The van der Waals surface area contributed by atoms with Gasteiger partial charge in [0.1, 0.15) is 11.3 Å². The van der Waals surface area contributed by atoms with E-state index in [1.165, 1.54) is 18.7 Å². The number of aromatic nitrogens is 3. The summed E-state index contributed by atoms with van der Waals surface area (Å²) in [6.45, 7) is 10.1. The molecule has 0 aromatic carbocycles. The molecule has 0 amide bonds. The van der Waals surface area contributed by atoms with Gasteiger partial charge in [-0.1, -0.05) is 20.8 Å². The number of hydrogen-bond donors (Lipinski definition) is 1. The molecule has 1 aliphatic heterocycles. The second-order valence-corrected chi connectivity index (χ2v) is 7.42. The third kappa shape index (κ3) is 3.43. The monoisotopic (exact) mass is 286 g/mol.